The molecule has 7 nitrogen and oxygen atoms in total. The highest BCUT2D eigenvalue weighted by atomic mass is 16.2. The molecule has 2 aromatic carbocycles. The number of benzene rings is 2. The summed E-state index contributed by atoms with van der Waals surface area (Å²) in [5, 5.41) is 8.26. The molecule has 0 saturated heterocycles. The van der Waals surface area contributed by atoms with Crippen LogP contribution < -0.4 is 5.32 Å². The summed E-state index contributed by atoms with van der Waals surface area (Å²) in [6, 6.07) is 19.3. The Kier molecular flexibility index (Phi) is 6.58. The van der Waals surface area contributed by atoms with Gasteiger partial charge < -0.3 is 14.8 Å². The first kappa shape index (κ1) is 22.3. The van der Waals surface area contributed by atoms with Crippen molar-refractivity contribution in [2.45, 2.75) is 18.9 Å². The third-order valence-electron chi connectivity index (χ3n) is 6.02. The van der Waals surface area contributed by atoms with Crippen LogP contribution in [0, 0.1) is 0 Å². The van der Waals surface area contributed by atoms with E-state index in [0.29, 0.717) is 30.6 Å². The SMILES string of the molecule is CN(C(=O)c1cccc2nn(C)cc12)[C@H](CCNC(=O)c1cccn1C)Cc1ccccc1. The number of amides is 2. The van der Waals surface area contributed by atoms with Gasteiger partial charge in [0.15, 0.2) is 0 Å². The van der Waals surface area contributed by atoms with Gasteiger partial charge in [0.25, 0.3) is 11.8 Å². The number of likely N-dealkylation sites (N-methyl/N-ethyl adjacent to an activating group) is 1. The second-order valence-corrected chi connectivity index (χ2v) is 8.35. The molecule has 170 valence electrons. The third kappa shape index (κ3) is 4.98. The topological polar surface area (TPSA) is 72.2 Å². The highest BCUT2D eigenvalue weighted by molar-refractivity contribution is 6.06. The van der Waals surface area contributed by atoms with Crippen molar-refractivity contribution < 1.29 is 9.59 Å². The molecule has 0 bridgehead atoms. The number of hydrogen-bond donors (Lipinski definition) is 1. The molecule has 0 spiro atoms. The Morgan fingerprint density at radius 1 is 1.03 bits per heavy atom. The minimum Gasteiger partial charge on any atom is -0.351 e. The van der Waals surface area contributed by atoms with E-state index in [1.165, 1.54) is 0 Å². The van der Waals surface area contributed by atoms with Crippen molar-refractivity contribution in [2.24, 2.45) is 14.1 Å². The number of rotatable bonds is 8. The van der Waals surface area contributed by atoms with Crippen LogP contribution in [-0.4, -0.2) is 50.7 Å². The Balaban J connectivity index is 1.52. The van der Waals surface area contributed by atoms with Crippen molar-refractivity contribution in [3.05, 3.63) is 89.9 Å². The summed E-state index contributed by atoms with van der Waals surface area (Å²) in [7, 11) is 5.54. The Morgan fingerprint density at radius 3 is 2.55 bits per heavy atom. The van der Waals surface area contributed by atoms with Gasteiger partial charge in [-0.05, 0) is 42.7 Å². The maximum atomic E-state index is 13.5. The van der Waals surface area contributed by atoms with E-state index in [9.17, 15) is 9.59 Å². The second-order valence-electron chi connectivity index (χ2n) is 8.35. The largest absolute Gasteiger partial charge is 0.351 e. The van der Waals surface area contributed by atoms with Gasteiger partial charge >= 0.3 is 0 Å². The van der Waals surface area contributed by atoms with Gasteiger partial charge in [0.05, 0.1) is 11.1 Å². The van der Waals surface area contributed by atoms with Gasteiger partial charge in [0.2, 0.25) is 0 Å². The fourth-order valence-electron chi connectivity index (χ4n) is 4.16. The lowest BCUT2D eigenvalue weighted by molar-refractivity contribution is 0.0724. The van der Waals surface area contributed by atoms with Gasteiger partial charge in [-0.2, -0.15) is 5.10 Å². The molecule has 1 N–H and O–H groups in total. The second kappa shape index (κ2) is 9.73. The van der Waals surface area contributed by atoms with Gasteiger partial charge in [-0.15, -0.1) is 0 Å². The normalized spacial score (nSPS) is 12.0. The van der Waals surface area contributed by atoms with E-state index < -0.39 is 0 Å². The van der Waals surface area contributed by atoms with Gasteiger partial charge in [0, 0.05) is 51.5 Å². The molecule has 0 fully saturated rings. The molecule has 2 amide bonds. The quantitative estimate of drug-likeness (QED) is 0.454. The number of nitrogens with one attached hydrogen (secondary N) is 1. The molecule has 4 aromatic rings. The van der Waals surface area contributed by atoms with E-state index in [4.69, 9.17) is 0 Å². The monoisotopic (exact) mass is 443 g/mol. The standard InChI is InChI=1S/C26H29N5O2/c1-29-16-8-13-24(29)25(32)27-15-14-20(17-19-9-5-4-6-10-19)31(3)26(33)21-11-7-12-23-22(21)18-30(2)28-23/h4-13,16,18,20H,14-15,17H2,1-3H3,(H,27,32)/t20-/m1/s1. The van der Waals surface area contributed by atoms with E-state index in [-0.39, 0.29) is 17.9 Å². The van der Waals surface area contributed by atoms with E-state index in [1.54, 1.807) is 20.2 Å². The molecule has 33 heavy (non-hydrogen) atoms. The van der Waals surface area contributed by atoms with Crippen LogP contribution in [0.1, 0.15) is 32.8 Å². The maximum Gasteiger partial charge on any atom is 0.267 e. The van der Waals surface area contributed by atoms with Crippen LogP contribution in [0.25, 0.3) is 10.9 Å². The molecule has 7 heteroatoms. The van der Waals surface area contributed by atoms with Crippen LogP contribution in [0.4, 0.5) is 0 Å². The van der Waals surface area contributed by atoms with E-state index in [2.05, 4.69) is 22.5 Å². The van der Waals surface area contributed by atoms with Crippen molar-refractivity contribution in [3.63, 3.8) is 0 Å². The maximum absolute atomic E-state index is 13.5. The summed E-state index contributed by atoms with van der Waals surface area (Å²) in [5.74, 6) is -0.168. The average molecular weight is 444 g/mol. The lowest BCUT2D eigenvalue weighted by Gasteiger charge is -2.29. The van der Waals surface area contributed by atoms with Crippen molar-refractivity contribution in [3.8, 4) is 0 Å². The fourth-order valence-corrected chi connectivity index (χ4v) is 4.16. The van der Waals surface area contributed by atoms with Crippen molar-refractivity contribution in [1.29, 1.82) is 0 Å². The summed E-state index contributed by atoms with van der Waals surface area (Å²) in [6.07, 6.45) is 5.06. The molecule has 0 aliphatic rings. The van der Waals surface area contributed by atoms with Crippen LogP contribution in [0.2, 0.25) is 0 Å². The molecule has 0 saturated carbocycles. The average Bonchev–Trinajstić information content (AvgIpc) is 3.42. The van der Waals surface area contributed by atoms with Crippen LogP contribution in [-0.2, 0) is 20.5 Å². The van der Waals surface area contributed by atoms with Crippen molar-refractivity contribution in [1.82, 2.24) is 24.6 Å². The van der Waals surface area contributed by atoms with Crippen LogP contribution in [0.3, 0.4) is 0 Å². The Bertz CT molecular complexity index is 1260. The summed E-state index contributed by atoms with van der Waals surface area (Å²) < 4.78 is 3.52. The van der Waals surface area contributed by atoms with Crippen LogP contribution in [0.5, 0.6) is 0 Å². The highest BCUT2D eigenvalue weighted by Crippen LogP contribution is 2.21. The first-order chi connectivity index (χ1) is 15.9. The molecular formula is C26H29N5O2. The van der Waals surface area contributed by atoms with E-state index in [0.717, 1.165) is 16.5 Å². The number of carbonyl (C=O) groups is 2. The minimum absolute atomic E-state index is 0.0525. The molecule has 4 rings (SSSR count). The zero-order valence-corrected chi connectivity index (χ0v) is 19.2. The lowest BCUT2D eigenvalue weighted by atomic mass is 10.0. The first-order valence-corrected chi connectivity index (χ1v) is 11.1. The number of nitrogens with zero attached hydrogens (tertiary/aromatic N) is 4. The Labute approximate surface area is 193 Å². The summed E-state index contributed by atoms with van der Waals surface area (Å²) in [4.78, 5) is 27.8. The molecule has 0 aliphatic carbocycles. The molecule has 0 radical (unpaired) electrons. The molecule has 0 unspecified atom stereocenters. The number of fused-ring (bicyclic) bond motifs is 1. The van der Waals surface area contributed by atoms with Gasteiger partial charge in [-0.25, -0.2) is 0 Å². The van der Waals surface area contributed by atoms with Crippen molar-refractivity contribution in [2.75, 3.05) is 13.6 Å². The third-order valence-corrected chi connectivity index (χ3v) is 6.02. The number of aromatic nitrogens is 3. The van der Waals surface area contributed by atoms with Crippen molar-refractivity contribution >= 4 is 22.7 Å². The van der Waals surface area contributed by atoms with Gasteiger partial charge in [-0.3, -0.25) is 14.3 Å². The molecular weight excluding hydrogens is 414 g/mol. The van der Waals surface area contributed by atoms with E-state index >= 15 is 0 Å². The zero-order valence-electron chi connectivity index (χ0n) is 19.2. The lowest BCUT2D eigenvalue weighted by Crippen LogP contribution is -2.41. The van der Waals surface area contributed by atoms with Gasteiger partial charge in [-0.1, -0.05) is 36.4 Å². The highest BCUT2D eigenvalue weighted by Gasteiger charge is 2.24. The number of carbonyl (C=O) groups excluding carboxylic acids is 2. The molecule has 1 atom stereocenters. The summed E-state index contributed by atoms with van der Waals surface area (Å²) >= 11 is 0. The van der Waals surface area contributed by atoms with Gasteiger partial charge in [0.1, 0.15) is 5.69 Å². The number of aryl methyl sites for hydroxylation is 2. The molecule has 2 heterocycles. The van der Waals surface area contributed by atoms with Crippen LogP contribution >= 0.6 is 0 Å². The number of hydrogen-bond acceptors (Lipinski definition) is 3. The summed E-state index contributed by atoms with van der Waals surface area (Å²) in [5.41, 5.74) is 3.19. The minimum atomic E-state index is -0.116. The van der Waals surface area contributed by atoms with E-state index in [1.807, 2.05) is 76.0 Å². The predicted molar refractivity (Wildman–Crippen MR) is 129 cm³/mol. The zero-order chi connectivity index (χ0) is 23.4. The molecule has 0 aliphatic heterocycles. The van der Waals surface area contributed by atoms with Crippen LogP contribution in [0.15, 0.2) is 73.1 Å². The summed E-state index contributed by atoms with van der Waals surface area (Å²) in [6.45, 7) is 0.468. The predicted octanol–water partition coefficient (Wildman–Crippen LogP) is 3.42. The molecule has 2 aromatic heterocycles. The Hall–Kier alpha value is -3.87. The Morgan fingerprint density at radius 2 is 1.82 bits per heavy atom. The fraction of sp³-hybridized carbons (Fsp3) is 0.269. The smallest absolute Gasteiger partial charge is 0.267 e. The first-order valence-electron chi connectivity index (χ1n) is 11.1.